The summed E-state index contributed by atoms with van der Waals surface area (Å²) in [6, 6.07) is 8.42. The molecular formula is C15H19NO. The zero-order valence-electron chi connectivity index (χ0n) is 10.4. The van der Waals surface area contributed by atoms with Crippen LogP contribution in [0.4, 0.5) is 0 Å². The maximum atomic E-state index is 11.6. The van der Waals surface area contributed by atoms with E-state index < -0.39 is 0 Å². The van der Waals surface area contributed by atoms with E-state index in [0.29, 0.717) is 12.0 Å². The predicted molar refractivity (Wildman–Crippen MR) is 70.5 cm³/mol. The molecule has 1 atom stereocenters. The Hall–Kier alpha value is -1.57. The summed E-state index contributed by atoms with van der Waals surface area (Å²) in [5, 5.41) is 3.00. The van der Waals surface area contributed by atoms with Gasteiger partial charge in [0.1, 0.15) is 0 Å². The molecule has 0 spiro atoms. The van der Waals surface area contributed by atoms with Gasteiger partial charge in [-0.2, -0.15) is 0 Å². The molecule has 0 saturated heterocycles. The second kappa shape index (κ2) is 5.17. The lowest BCUT2D eigenvalue weighted by Crippen LogP contribution is -2.32. The number of hydrogen-bond acceptors (Lipinski definition) is 1. The molecule has 2 heteroatoms. The molecule has 0 aromatic heterocycles. The number of benzene rings is 1. The smallest absolute Gasteiger partial charge is 0.244 e. The Morgan fingerprint density at radius 3 is 2.88 bits per heavy atom. The molecule has 1 aliphatic carbocycles. The minimum atomic E-state index is 0.00547. The number of nitrogens with one attached hydrogen (secondary N) is 1. The number of rotatable bonds is 4. The molecule has 90 valence electrons. The molecule has 1 unspecified atom stereocenters. The molecule has 0 radical (unpaired) electrons. The molecule has 2 nitrogen and oxygen atoms in total. The number of aryl methyl sites for hydroxylation is 1. The summed E-state index contributed by atoms with van der Waals surface area (Å²) < 4.78 is 0. The highest BCUT2D eigenvalue weighted by atomic mass is 16.1. The summed E-state index contributed by atoms with van der Waals surface area (Å²) in [5.74, 6) is 0.706. The molecule has 0 heterocycles. The van der Waals surface area contributed by atoms with Crippen molar-refractivity contribution >= 4 is 12.0 Å². The van der Waals surface area contributed by atoms with E-state index in [9.17, 15) is 4.79 Å². The zero-order chi connectivity index (χ0) is 12.3. The van der Waals surface area contributed by atoms with Gasteiger partial charge in [-0.3, -0.25) is 4.79 Å². The largest absolute Gasteiger partial charge is 0.350 e. The molecule has 1 N–H and O–H groups in total. The van der Waals surface area contributed by atoms with E-state index in [4.69, 9.17) is 0 Å². The van der Waals surface area contributed by atoms with Crippen LogP contribution < -0.4 is 5.32 Å². The fourth-order valence-corrected chi connectivity index (χ4v) is 1.93. The fraction of sp³-hybridized carbons (Fsp3) is 0.400. The lowest BCUT2D eigenvalue weighted by molar-refractivity contribution is -0.117. The Balaban J connectivity index is 1.88. The first-order valence-electron chi connectivity index (χ1n) is 6.20. The van der Waals surface area contributed by atoms with E-state index in [1.165, 1.54) is 18.4 Å². The van der Waals surface area contributed by atoms with E-state index in [0.717, 1.165) is 5.56 Å². The van der Waals surface area contributed by atoms with E-state index in [-0.39, 0.29) is 5.91 Å². The summed E-state index contributed by atoms with van der Waals surface area (Å²) in [5.41, 5.74) is 2.28. The second-order valence-electron chi connectivity index (χ2n) is 4.88. The Kier molecular flexibility index (Phi) is 3.62. The molecule has 1 aromatic carbocycles. The maximum absolute atomic E-state index is 11.6. The number of hydrogen-bond donors (Lipinski definition) is 1. The van der Waals surface area contributed by atoms with Crippen molar-refractivity contribution in [1.29, 1.82) is 0 Å². The summed E-state index contributed by atoms with van der Waals surface area (Å²) in [6.07, 6.45) is 5.99. The van der Waals surface area contributed by atoms with Crippen LogP contribution in [0.1, 0.15) is 30.9 Å². The van der Waals surface area contributed by atoms with Crippen molar-refractivity contribution in [2.24, 2.45) is 5.92 Å². The molecule has 2 rings (SSSR count). The summed E-state index contributed by atoms with van der Waals surface area (Å²) in [6.45, 7) is 4.13. The van der Waals surface area contributed by atoms with Crippen molar-refractivity contribution in [2.75, 3.05) is 0 Å². The molecule has 0 bridgehead atoms. The van der Waals surface area contributed by atoms with Crippen LogP contribution in [0.3, 0.4) is 0 Å². The van der Waals surface area contributed by atoms with E-state index in [1.54, 1.807) is 6.08 Å². The van der Waals surface area contributed by atoms with Crippen LogP contribution in [-0.4, -0.2) is 11.9 Å². The lowest BCUT2D eigenvalue weighted by atomic mass is 10.1. The van der Waals surface area contributed by atoms with Gasteiger partial charge in [-0.1, -0.05) is 29.8 Å². The van der Waals surface area contributed by atoms with E-state index in [2.05, 4.69) is 18.3 Å². The third-order valence-corrected chi connectivity index (χ3v) is 3.17. The van der Waals surface area contributed by atoms with Crippen LogP contribution in [-0.2, 0) is 4.79 Å². The standard InChI is InChI=1S/C15H19NO/c1-11-4-3-5-13(10-11)6-9-15(17)16-12(2)14-7-8-14/h3-6,9-10,12,14H,7-8H2,1-2H3,(H,16,17)/b9-6+. The van der Waals surface area contributed by atoms with Gasteiger partial charge in [-0.05, 0) is 44.2 Å². The van der Waals surface area contributed by atoms with Crippen LogP contribution in [0, 0.1) is 12.8 Å². The lowest BCUT2D eigenvalue weighted by Gasteiger charge is -2.10. The molecule has 1 amide bonds. The molecule has 1 aromatic rings. The molecule has 1 fully saturated rings. The van der Waals surface area contributed by atoms with Crippen molar-refractivity contribution < 1.29 is 4.79 Å². The highest BCUT2D eigenvalue weighted by molar-refractivity contribution is 5.91. The highest BCUT2D eigenvalue weighted by Gasteiger charge is 2.28. The first-order valence-corrected chi connectivity index (χ1v) is 6.20. The first kappa shape index (κ1) is 11.9. The van der Waals surface area contributed by atoms with Gasteiger partial charge < -0.3 is 5.32 Å². The average molecular weight is 229 g/mol. The van der Waals surface area contributed by atoms with Gasteiger partial charge in [0.15, 0.2) is 0 Å². The van der Waals surface area contributed by atoms with Crippen molar-refractivity contribution in [1.82, 2.24) is 5.32 Å². The predicted octanol–water partition coefficient (Wildman–Crippen LogP) is 2.92. The van der Waals surface area contributed by atoms with Gasteiger partial charge in [0.05, 0.1) is 0 Å². The van der Waals surface area contributed by atoms with Gasteiger partial charge in [-0.25, -0.2) is 0 Å². The van der Waals surface area contributed by atoms with Crippen molar-refractivity contribution in [3.63, 3.8) is 0 Å². The van der Waals surface area contributed by atoms with Crippen LogP contribution >= 0.6 is 0 Å². The summed E-state index contributed by atoms with van der Waals surface area (Å²) >= 11 is 0. The Bertz CT molecular complexity index is 432. The van der Waals surface area contributed by atoms with Gasteiger partial charge >= 0.3 is 0 Å². The third kappa shape index (κ3) is 3.74. The van der Waals surface area contributed by atoms with Gasteiger partial charge in [0.2, 0.25) is 5.91 Å². The van der Waals surface area contributed by atoms with Crippen molar-refractivity contribution in [3.05, 3.63) is 41.5 Å². The monoisotopic (exact) mass is 229 g/mol. The van der Waals surface area contributed by atoms with Crippen LogP contribution in [0.5, 0.6) is 0 Å². The topological polar surface area (TPSA) is 29.1 Å². The third-order valence-electron chi connectivity index (χ3n) is 3.17. The Morgan fingerprint density at radius 2 is 2.24 bits per heavy atom. The number of carbonyl (C=O) groups excluding carboxylic acids is 1. The van der Waals surface area contributed by atoms with Gasteiger partial charge in [0.25, 0.3) is 0 Å². The molecule has 1 aliphatic rings. The molecule has 17 heavy (non-hydrogen) atoms. The highest BCUT2D eigenvalue weighted by Crippen LogP contribution is 2.32. The van der Waals surface area contributed by atoms with Crippen LogP contribution in [0.2, 0.25) is 0 Å². The molecule has 0 aliphatic heterocycles. The number of carbonyl (C=O) groups is 1. The Labute approximate surface area is 103 Å². The van der Waals surface area contributed by atoms with Crippen LogP contribution in [0.15, 0.2) is 30.3 Å². The normalized spacial score (nSPS) is 17.1. The SMILES string of the molecule is Cc1cccc(/C=C/C(=O)NC(C)C2CC2)c1. The first-order chi connectivity index (χ1) is 8.15. The van der Waals surface area contributed by atoms with E-state index in [1.807, 2.05) is 31.2 Å². The van der Waals surface area contributed by atoms with Gasteiger partial charge in [0, 0.05) is 12.1 Å². The summed E-state index contributed by atoms with van der Waals surface area (Å²) in [7, 11) is 0. The molecule has 1 saturated carbocycles. The van der Waals surface area contributed by atoms with Crippen molar-refractivity contribution in [3.8, 4) is 0 Å². The fourth-order valence-electron chi connectivity index (χ4n) is 1.93. The molecular weight excluding hydrogens is 210 g/mol. The zero-order valence-corrected chi connectivity index (χ0v) is 10.4. The number of amides is 1. The quantitative estimate of drug-likeness (QED) is 0.790. The second-order valence-corrected chi connectivity index (χ2v) is 4.88. The average Bonchev–Trinajstić information content (AvgIpc) is 3.10. The maximum Gasteiger partial charge on any atom is 0.244 e. The summed E-state index contributed by atoms with van der Waals surface area (Å²) in [4.78, 5) is 11.6. The Morgan fingerprint density at radius 1 is 1.47 bits per heavy atom. The van der Waals surface area contributed by atoms with Crippen LogP contribution in [0.25, 0.3) is 6.08 Å². The van der Waals surface area contributed by atoms with Gasteiger partial charge in [-0.15, -0.1) is 0 Å². The minimum Gasteiger partial charge on any atom is -0.350 e. The van der Waals surface area contributed by atoms with E-state index >= 15 is 0 Å². The van der Waals surface area contributed by atoms with Crippen molar-refractivity contribution in [2.45, 2.75) is 32.7 Å². The minimum absolute atomic E-state index is 0.00547.